The van der Waals surface area contributed by atoms with Crippen molar-refractivity contribution in [2.75, 3.05) is 0 Å². The van der Waals surface area contributed by atoms with Gasteiger partial charge in [-0.3, -0.25) is 0 Å². The summed E-state index contributed by atoms with van der Waals surface area (Å²) >= 11 is 7.26. The predicted molar refractivity (Wildman–Crippen MR) is 114 cm³/mol. The van der Waals surface area contributed by atoms with Crippen LogP contribution in [0.3, 0.4) is 0 Å². The zero-order chi connectivity index (χ0) is 16.6. The van der Waals surface area contributed by atoms with E-state index < -0.39 is 0 Å². The number of rotatable bonds is 4. The van der Waals surface area contributed by atoms with Gasteiger partial charge in [-0.25, -0.2) is 0 Å². The second-order valence-corrected chi connectivity index (χ2v) is 9.63. The summed E-state index contributed by atoms with van der Waals surface area (Å²) in [5, 5.41) is 4.26. The Bertz CT molecular complexity index is 1000. The van der Waals surface area contributed by atoms with E-state index in [1.807, 2.05) is 22.7 Å². The van der Waals surface area contributed by atoms with Gasteiger partial charge in [-0.1, -0.05) is 12.1 Å². The van der Waals surface area contributed by atoms with Crippen LogP contribution in [0.5, 0.6) is 0 Å². The Morgan fingerprint density at radius 1 is 0.480 bits per heavy atom. The molecule has 0 atom stereocenters. The van der Waals surface area contributed by atoms with Crippen LogP contribution >= 0.6 is 45.3 Å². The molecular weight excluding hydrogens is 382 g/mol. The van der Waals surface area contributed by atoms with Crippen LogP contribution in [0.15, 0.2) is 71.4 Å². The minimum atomic E-state index is 1.19. The van der Waals surface area contributed by atoms with E-state index in [1.54, 1.807) is 22.7 Å². The highest BCUT2D eigenvalue weighted by Gasteiger charge is 2.10. The molecule has 0 saturated heterocycles. The number of aromatic amines is 1. The molecule has 0 amide bonds. The summed E-state index contributed by atoms with van der Waals surface area (Å²) in [6, 6.07) is 21.8. The summed E-state index contributed by atoms with van der Waals surface area (Å²) in [6.45, 7) is 0. The first-order valence-corrected chi connectivity index (χ1v) is 11.2. The quantitative estimate of drug-likeness (QED) is 0.318. The molecule has 0 fully saturated rings. The zero-order valence-corrected chi connectivity index (χ0v) is 16.3. The molecular formula is C20H13NS4. The van der Waals surface area contributed by atoms with Gasteiger partial charge in [0.05, 0.1) is 21.1 Å². The molecule has 0 aliphatic carbocycles. The fourth-order valence-electron chi connectivity index (χ4n) is 2.75. The van der Waals surface area contributed by atoms with Crippen molar-refractivity contribution < 1.29 is 0 Å². The standard InChI is InChI=1S/C20H13NS4/c1-3-17(22-11-1)19-9-7-15(24-19)13-5-6-14(21-13)16-8-10-20(25-16)18-4-2-12-23-18/h1-12,21H. The van der Waals surface area contributed by atoms with Gasteiger partial charge in [0, 0.05) is 19.5 Å². The lowest BCUT2D eigenvalue weighted by Gasteiger charge is -1.94. The smallest absolute Gasteiger partial charge is 0.0560 e. The van der Waals surface area contributed by atoms with Gasteiger partial charge in [0.25, 0.3) is 0 Å². The first-order chi connectivity index (χ1) is 12.4. The molecule has 5 aromatic rings. The normalized spacial score (nSPS) is 11.2. The monoisotopic (exact) mass is 395 g/mol. The Hall–Kier alpha value is -1.92. The van der Waals surface area contributed by atoms with E-state index in [-0.39, 0.29) is 0 Å². The second kappa shape index (κ2) is 6.42. The largest absolute Gasteiger partial charge is 0.353 e. The molecule has 0 aromatic carbocycles. The third-order valence-electron chi connectivity index (χ3n) is 3.96. The van der Waals surface area contributed by atoms with E-state index in [4.69, 9.17) is 0 Å². The summed E-state index contributed by atoms with van der Waals surface area (Å²) in [5.74, 6) is 0. The van der Waals surface area contributed by atoms with Gasteiger partial charge in [0.2, 0.25) is 0 Å². The zero-order valence-electron chi connectivity index (χ0n) is 13.1. The second-order valence-electron chi connectivity index (χ2n) is 5.57. The fraction of sp³-hybridized carbons (Fsp3) is 0. The Morgan fingerprint density at radius 3 is 1.40 bits per heavy atom. The maximum atomic E-state index is 3.59. The van der Waals surface area contributed by atoms with Crippen molar-refractivity contribution in [3.05, 3.63) is 71.4 Å². The van der Waals surface area contributed by atoms with E-state index in [1.165, 1.54) is 40.7 Å². The van der Waals surface area contributed by atoms with Crippen molar-refractivity contribution in [2.45, 2.75) is 0 Å². The minimum absolute atomic E-state index is 1.19. The lowest BCUT2D eigenvalue weighted by molar-refractivity contribution is 1.43. The van der Waals surface area contributed by atoms with Gasteiger partial charge in [-0.05, 0) is 59.3 Å². The molecule has 25 heavy (non-hydrogen) atoms. The molecule has 0 radical (unpaired) electrons. The van der Waals surface area contributed by atoms with Gasteiger partial charge in [-0.2, -0.15) is 0 Å². The van der Waals surface area contributed by atoms with Crippen molar-refractivity contribution in [2.24, 2.45) is 0 Å². The summed E-state index contributed by atoms with van der Waals surface area (Å²) in [7, 11) is 0. The van der Waals surface area contributed by atoms with Crippen LogP contribution in [0.1, 0.15) is 0 Å². The van der Waals surface area contributed by atoms with Crippen LogP contribution in [0.25, 0.3) is 40.7 Å². The van der Waals surface area contributed by atoms with Gasteiger partial charge in [0.15, 0.2) is 0 Å². The third kappa shape index (κ3) is 2.93. The Labute approximate surface area is 161 Å². The average Bonchev–Trinajstić information content (AvgIpc) is 3.48. The molecule has 0 aliphatic heterocycles. The maximum absolute atomic E-state index is 3.59. The molecule has 0 saturated carbocycles. The first-order valence-electron chi connectivity index (χ1n) is 7.84. The van der Waals surface area contributed by atoms with Gasteiger partial charge in [0.1, 0.15) is 0 Å². The van der Waals surface area contributed by atoms with Crippen molar-refractivity contribution in [1.29, 1.82) is 0 Å². The van der Waals surface area contributed by atoms with Crippen LogP contribution in [-0.2, 0) is 0 Å². The van der Waals surface area contributed by atoms with Crippen molar-refractivity contribution in [3.63, 3.8) is 0 Å². The number of hydrogen-bond acceptors (Lipinski definition) is 4. The van der Waals surface area contributed by atoms with Gasteiger partial charge >= 0.3 is 0 Å². The molecule has 5 rings (SSSR count). The molecule has 1 N–H and O–H groups in total. The fourth-order valence-corrected chi connectivity index (χ4v) is 6.39. The molecule has 0 aliphatic rings. The van der Waals surface area contributed by atoms with Crippen LogP contribution < -0.4 is 0 Å². The number of thiophene rings is 4. The van der Waals surface area contributed by atoms with Gasteiger partial charge < -0.3 is 4.98 Å². The highest BCUT2D eigenvalue weighted by atomic mass is 32.1. The number of hydrogen-bond donors (Lipinski definition) is 1. The highest BCUT2D eigenvalue weighted by molar-refractivity contribution is 7.23. The van der Waals surface area contributed by atoms with Crippen LogP contribution in [0.2, 0.25) is 0 Å². The first kappa shape index (κ1) is 15.3. The summed E-state index contributed by atoms with van der Waals surface area (Å²) in [6.07, 6.45) is 0. The molecule has 5 aromatic heterocycles. The molecule has 5 heterocycles. The van der Waals surface area contributed by atoms with E-state index in [9.17, 15) is 0 Å². The predicted octanol–water partition coefficient (Wildman–Crippen LogP) is 7.93. The maximum Gasteiger partial charge on any atom is 0.0560 e. The average molecular weight is 396 g/mol. The van der Waals surface area contributed by atoms with Crippen molar-refractivity contribution in [1.82, 2.24) is 4.98 Å². The van der Waals surface area contributed by atoms with E-state index in [2.05, 4.69) is 76.4 Å². The SMILES string of the molecule is c1csc(-c2ccc(-c3ccc(-c4ccc(-c5cccs5)s4)[nH]3)s2)c1. The number of aromatic nitrogens is 1. The lowest BCUT2D eigenvalue weighted by atomic mass is 10.3. The van der Waals surface area contributed by atoms with Crippen LogP contribution in [-0.4, -0.2) is 4.98 Å². The van der Waals surface area contributed by atoms with Gasteiger partial charge in [-0.15, -0.1) is 45.3 Å². The summed E-state index contributed by atoms with van der Waals surface area (Å²) < 4.78 is 0. The number of H-pyrrole nitrogens is 1. The summed E-state index contributed by atoms with van der Waals surface area (Å²) in [4.78, 5) is 11.5. The molecule has 0 bridgehead atoms. The van der Waals surface area contributed by atoms with Crippen molar-refractivity contribution >= 4 is 45.3 Å². The van der Waals surface area contributed by atoms with E-state index in [0.29, 0.717) is 0 Å². The highest BCUT2D eigenvalue weighted by Crippen LogP contribution is 2.39. The van der Waals surface area contributed by atoms with Crippen LogP contribution in [0.4, 0.5) is 0 Å². The Balaban J connectivity index is 1.44. The molecule has 0 spiro atoms. The lowest BCUT2D eigenvalue weighted by Crippen LogP contribution is -1.72. The molecule has 0 unspecified atom stereocenters. The Kier molecular flexibility index (Phi) is 3.94. The number of nitrogens with one attached hydrogen (secondary N) is 1. The van der Waals surface area contributed by atoms with Crippen molar-refractivity contribution in [3.8, 4) is 40.7 Å². The topological polar surface area (TPSA) is 15.8 Å². The molecule has 1 nitrogen and oxygen atoms in total. The molecule has 122 valence electrons. The minimum Gasteiger partial charge on any atom is -0.353 e. The van der Waals surface area contributed by atoms with E-state index >= 15 is 0 Å². The molecule has 5 heteroatoms. The van der Waals surface area contributed by atoms with E-state index in [0.717, 1.165) is 0 Å². The van der Waals surface area contributed by atoms with Crippen LogP contribution in [0, 0.1) is 0 Å². The third-order valence-corrected chi connectivity index (χ3v) is 8.33. The summed E-state index contributed by atoms with van der Waals surface area (Å²) in [5.41, 5.74) is 2.38. The Morgan fingerprint density at radius 2 is 0.960 bits per heavy atom.